The molecular formula is C17H24N4O2. The second-order valence-electron chi connectivity index (χ2n) is 6.43. The third kappa shape index (κ3) is 3.46. The molecule has 0 radical (unpaired) electrons. The van der Waals surface area contributed by atoms with E-state index in [2.05, 4.69) is 16.8 Å². The van der Waals surface area contributed by atoms with Crippen LogP contribution in [0.3, 0.4) is 0 Å². The summed E-state index contributed by atoms with van der Waals surface area (Å²) in [4.78, 5) is 28.3. The van der Waals surface area contributed by atoms with Crippen molar-refractivity contribution in [3.63, 3.8) is 0 Å². The van der Waals surface area contributed by atoms with Gasteiger partial charge in [-0.2, -0.15) is 5.10 Å². The first kappa shape index (κ1) is 15.8. The van der Waals surface area contributed by atoms with E-state index >= 15 is 0 Å². The number of carbonyl (C=O) groups excluding carboxylic acids is 2. The highest BCUT2D eigenvalue weighted by atomic mass is 16.2. The van der Waals surface area contributed by atoms with Crippen LogP contribution in [0.1, 0.15) is 37.3 Å². The average Bonchev–Trinajstić information content (AvgIpc) is 3.11. The number of aromatic nitrogens is 2. The number of piperidine rings is 2. The molecule has 0 spiro atoms. The molecule has 0 unspecified atom stereocenters. The smallest absolute Gasteiger partial charge is 0.227 e. The standard InChI is InChI=1S/C17H24N4O2/c1-2-9-21-12-14(3-4-16(21)22)17(23)20-10-6-13(7-11-20)15-5-8-18-19-15/h2,5,8,13-14H,1,3-4,6-7,9-12H2,(H,18,19)/t14-/m1/s1. The Morgan fingerprint density at radius 3 is 2.83 bits per heavy atom. The number of rotatable bonds is 4. The van der Waals surface area contributed by atoms with Gasteiger partial charge in [0.1, 0.15) is 0 Å². The summed E-state index contributed by atoms with van der Waals surface area (Å²) in [6, 6.07) is 2.02. The van der Waals surface area contributed by atoms with Crippen LogP contribution in [-0.4, -0.2) is 58.0 Å². The molecule has 6 heteroatoms. The summed E-state index contributed by atoms with van der Waals surface area (Å²) in [5, 5.41) is 7.04. The molecule has 0 aliphatic carbocycles. The van der Waals surface area contributed by atoms with Crippen molar-refractivity contribution >= 4 is 11.8 Å². The summed E-state index contributed by atoms with van der Waals surface area (Å²) < 4.78 is 0. The molecule has 3 heterocycles. The minimum absolute atomic E-state index is 0.0589. The van der Waals surface area contributed by atoms with Gasteiger partial charge in [-0.15, -0.1) is 6.58 Å². The van der Waals surface area contributed by atoms with Gasteiger partial charge in [0.15, 0.2) is 0 Å². The molecule has 1 aromatic heterocycles. The van der Waals surface area contributed by atoms with Gasteiger partial charge >= 0.3 is 0 Å². The van der Waals surface area contributed by atoms with Crippen molar-refractivity contribution in [3.05, 3.63) is 30.6 Å². The zero-order valence-corrected chi connectivity index (χ0v) is 13.4. The molecule has 124 valence electrons. The number of H-pyrrole nitrogens is 1. The zero-order chi connectivity index (χ0) is 16.2. The van der Waals surface area contributed by atoms with E-state index in [1.54, 1.807) is 17.2 Å². The lowest BCUT2D eigenvalue weighted by atomic mass is 9.91. The lowest BCUT2D eigenvalue weighted by molar-refractivity contribution is -0.143. The highest BCUT2D eigenvalue weighted by molar-refractivity contribution is 5.84. The molecule has 6 nitrogen and oxygen atoms in total. The van der Waals surface area contributed by atoms with E-state index in [9.17, 15) is 9.59 Å². The van der Waals surface area contributed by atoms with Gasteiger partial charge in [-0.25, -0.2) is 0 Å². The fraction of sp³-hybridized carbons (Fsp3) is 0.588. The van der Waals surface area contributed by atoms with E-state index in [4.69, 9.17) is 0 Å². The normalized spacial score (nSPS) is 23.1. The van der Waals surface area contributed by atoms with E-state index in [0.29, 0.717) is 31.8 Å². The van der Waals surface area contributed by atoms with Gasteiger partial charge < -0.3 is 9.80 Å². The van der Waals surface area contributed by atoms with Crippen LogP contribution >= 0.6 is 0 Å². The minimum Gasteiger partial charge on any atom is -0.342 e. The Hall–Kier alpha value is -2.11. The van der Waals surface area contributed by atoms with E-state index in [1.807, 2.05) is 11.0 Å². The van der Waals surface area contributed by atoms with Crippen LogP contribution in [0.15, 0.2) is 24.9 Å². The van der Waals surface area contributed by atoms with Crippen molar-refractivity contribution in [2.75, 3.05) is 26.2 Å². The third-order valence-corrected chi connectivity index (χ3v) is 4.97. The van der Waals surface area contributed by atoms with Crippen molar-refractivity contribution in [3.8, 4) is 0 Å². The largest absolute Gasteiger partial charge is 0.342 e. The molecule has 0 saturated carbocycles. The molecule has 2 aliphatic heterocycles. The summed E-state index contributed by atoms with van der Waals surface area (Å²) in [5.74, 6) is 0.740. The van der Waals surface area contributed by atoms with Gasteiger partial charge in [-0.3, -0.25) is 14.7 Å². The number of nitrogens with zero attached hydrogens (tertiary/aromatic N) is 3. The van der Waals surface area contributed by atoms with E-state index in [-0.39, 0.29) is 17.7 Å². The van der Waals surface area contributed by atoms with Crippen molar-refractivity contribution in [2.24, 2.45) is 5.92 Å². The van der Waals surface area contributed by atoms with Crippen molar-refractivity contribution in [1.82, 2.24) is 20.0 Å². The Labute approximate surface area is 136 Å². The maximum atomic E-state index is 12.7. The van der Waals surface area contributed by atoms with Crippen molar-refractivity contribution in [2.45, 2.75) is 31.6 Å². The van der Waals surface area contributed by atoms with Gasteiger partial charge in [0.2, 0.25) is 11.8 Å². The molecule has 3 rings (SSSR count). The number of hydrogen-bond acceptors (Lipinski definition) is 3. The maximum absolute atomic E-state index is 12.7. The highest BCUT2D eigenvalue weighted by Crippen LogP contribution is 2.28. The van der Waals surface area contributed by atoms with Gasteiger partial charge in [0, 0.05) is 50.4 Å². The SMILES string of the molecule is C=CCN1C[C@H](C(=O)N2CCC(c3ccn[nH]3)CC2)CCC1=O. The number of hydrogen-bond donors (Lipinski definition) is 1. The molecule has 1 aromatic rings. The minimum atomic E-state index is -0.0589. The maximum Gasteiger partial charge on any atom is 0.227 e. The highest BCUT2D eigenvalue weighted by Gasteiger charge is 2.34. The molecule has 23 heavy (non-hydrogen) atoms. The average molecular weight is 316 g/mol. The van der Waals surface area contributed by atoms with Crippen molar-refractivity contribution in [1.29, 1.82) is 0 Å². The summed E-state index contributed by atoms with van der Waals surface area (Å²) in [6.45, 7) is 6.32. The van der Waals surface area contributed by atoms with Gasteiger partial charge in [0.05, 0.1) is 5.92 Å². The predicted molar refractivity (Wildman–Crippen MR) is 86.6 cm³/mol. The Bertz CT molecular complexity index is 561. The van der Waals surface area contributed by atoms with Crippen LogP contribution < -0.4 is 0 Å². The summed E-state index contributed by atoms with van der Waals surface area (Å²) >= 11 is 0. The first-order valence-corrected chi connectivity index (χ1v) is 8.35. The third-order valence-electron chi connectivity index (χ3n) is 4.97. The molecule has 2 amide bonds. The van der Waals surface area contributed by atoms with Gasteiger partial charge in [-0.05, 0) is 25.3 Å². The van der Waals surface area contributed by atoms with Crippen LogP contribution in [0.5, 0.6) is 0 Å². The van der Waals surface area contributed by atoms with E-state index in [1.165, 1.54) is 0 Å². The fourth-order valence-corrected chi connectivity index (χ4v) is 3.61. The predicted octanol–water partition coefficient (Wildman–Crippen LogP) is 1.54. The lowest BCUT2D eigenvalue weighted by Gasteiger charge is -2.37. The lowest BCUT2D eigenvalue weighted by Crippen LogP contribution is -2.48. The first-order chi connectivity index (χ1) is 11.2. The monoisotopic (exact) mass is 316 g/mol. The molecule has 2 aliphatic rings. The second kappa shape index (κ2) is 6.98. The fourth-order valence-electron chi connectivity index (χ4n) is 3.61. The Morgan fingerprint density at radius 2 is 2.17 bits per heavy atom. The summed E-state index contributed by atoms with van der Waals surface area (Å²) in [6.07, 6.45) is 6.58. The number of likely N-dealkylation sites (tertiary alicyclic amines) is 2. The van der Waals surface area contributed by atoms with E-state index < -0.39 is 0 Å². The molecule has 2 saturated heterocycles. The van der Waals surface area contributed by atoms with E-state index in [0.717, 1.165) is 31.6 Å². The van der Waals surface area contributed by atoms with Gasteiger partial charge in [0.25, 0.3) is 0 Å². The molecule has 2 fully saturated rings. The Balaban J connectivity index is 1.55. The zero-order valence-electron chi connectivity index (χ0n) is 13.4. The molecule has 1 N–H and O–H groups in total. The van der Waals surface area contributed by atoms with Crippen molar-refractivity contribution < 1.29 is 9.59 Å². The summed E-state index contributed by atoms with van der Waals surface area (Å²) in [5.41, 5.74) is 1.16. The summed E-state index contributed by atoms with van der Waals surface area (Å²) in [7, 11) is 0. The Morgan fingerprint density at radius 1 is 1.39 bits per heavy atom. The molecule has 1 atom stereocenters. The first-order valence-electron chi connectivity index (χ1n) is 8.35. The Kier molecular flexibility index (Phi) is 4.79. The van der Waals surface area contributed by atoms with Crippen LogP contribution in [0, 0.1) is 5.92 Å². The molecule has 0 aromatic carbocycles. The second-order valence-corrected chi connectivity index (χ2v) is 6.43. The van der Waals surface area contributed by atoms with Crippen LogP contribution in [0.25, 0.3) is 0 Å². The number of aromatic amines is 1. The van der Waals surface area contributed by atoms with Crippen LogP contribution in [0.2, 0.25) is 0 Å². The number of nitrogens with one attached hydrogen (secondary N) is 1. The van der Waals surface area contributed by atoms with Gasteiger partial charge in [-0.1, -0.05) is 6.08 Å². The quantitative estimate of drug-likeness (QED) is 0.857. The van der Waals surface area contributed by atoms with Crippen LogP contribution in [-0.2, 0) is 9.59 Å². The molecular weight excluding hydrogens is 292 g/mol. The van der Waals surface area contributed by atoms with Crippen LogP contribution in [0.4, 0.5) is 0 Å². The topological polar surface area (TPSA) is 69.3 Å². The molecule has 0 bridgehead atoms. The number of carbonyl (C=O) groups is 2. The number of amides is 2.